The third-order valence-corrected chi connectivity index (χ3v) is 3.00. The maximum atomic E-state index is 13.3. The normalized spacial score (nSPS) is 23.9. The number of hydrogen-bond donors (Lipinski definition) is 0. The molecule has 15 heavy (non-hydrogen) atoms. The minimum absolute atomic E-state index is 0.0914. The first-order chi connectivity index (χ1) is 7.15. The summed E-state index contributed by atoms with van der Waals surface area (Å²) in [6, 6.07) is 3.75. The average molecular weight is 210 g/mol. The summed E-state index contributed by atoms with van der Waals surface area (Å²) in [5.41, 5.74) is -0.101. The van der Waals surface area contributed by atoms with Crippen LogP contribution in [0.25, 0.3) is 0 Å². The van der Waals surface area contributed by atoms with E-state index in [1.165, 1.54) is 12.1 Å². The van der Waals surface area contributed by atoms with Crippen molar-refractivity contribution in [3.63, 3.8) is 0 Å². The quantitative estimate of drug-likeness (QED) is 0.700. The summed E-state index contributed by atoms with van der Waals surface area (Å²) >= 11 is 0. The van der Waals surface area contributed by atoms with E-state index in [0.717, 1.165) is 18.9 Å². The molecular formula is C12H12F2O. The van der Waals surface area contributed by atoms with Crippen LogP contribution in [0.5, 0.6) is 0 Å². The van der Waals surface area contributed by atoms with Gasteiger partial charge < -0.3 is 0 Å². The van der Waals surface area contributed by atoms with E-state index in [0.29, 0.717) is 5.92 Å². The van der Waals surface area contributed by atoms with Crippen molar-refractivity contribution in [2.75, 3.05) is 0 Å². The van der Waals surface area contributed by atoms with Gasteiger partial charge in [0.2, 0.25) is 0 Å². The van der Waals surface area contributed by atoms with Gasteiger partial charge >= 0.3 is 0 Å². The molecule has 0 bridgehead atoms. The van der Waals surface area contributed by atoms with Crippen LogP contribution in [0, 0.1) is 23.5 Å². The largest absolute Gasteiger partial charge is 0.294 e. The summed E-state index contributed by atoms with van der Waals surface area (Å²) in [5, 5.41) is 0. The molecule has 0 aromatic heterocycles. The molecule has 1 aliphatic carbocycles. The topological polar surface area (TPSA) is 17.1 Å². The van der Waals surface area contributed by atoms with Crippen LogP contribution in [0.15, 0.2) is 18.2 Å². The summed E-state index contributed by atoms with van der Waals surface area (Å²) in [6.45, 7) is 2.00. The fraction of sp³-hybridized carbons (Fsp3) is 0.417. The number of Topliss-reactive ketones (excluding diaryl/α,β-unsaturated/α-hetero) is 1. The highest BCUT2D eigenvalue weighted by atomic mass is 19.2. The predicted octanol–water partition coefficient (Wildman–Crippen LogP) is 3.19. The minimum Gasteiger partial charge on any atom is -0.294 e. The predicted molar refractivity (Wildman–Crippen MR) is 52.6 cm³/mol. The number of benzene rings is 1. The SMILES string of the molecule is CCC1CC1C(=O)c1cccc(F)c1F. The number of halogens is 2. The van der Waals surface area contributed by atoms with Gasteiger partial charge in [-0.2, -0.15) is 0 Å². The van der Waals surface area contributed by atoms with Crippen molar-refractivity contribution < 1.29 is 13.6 Å². The molecule has 1 nitrogen and oxygen atoms in total. The molecular weight excluding hydrogens is 198 g/mol. The molecule has 0 spiro atoms. The van der Waals surface area contributed by atoms with E-state index < -0.39 is 11.6 Å². The Morgan fingerprint density at radius 2 is 2.20 bits per heavy atom. The Bertz CT molecular complexity index is 401. The lowest BCUT2D eigenvalue weighted by atomic mass is 10.0. The second kappa shape index (κ2) is 3.72. The van der Waals surface area contributed by atoms with Gasteiger partial charge in [0.1, 0.15) is 0 Å². The highest BCUT2D eigenvalue weighted by molar-refractivity contribution is 5.99. The smallest absolute Gasteiger partial charge is 0.169 e. The summed E-state index contributed by atoms with van der Waals surface area (Å²) < 4.78 is 26.2. The Hall–Kier alpha value is -1.25. The molecule has 2 unspecified atom stereocenters. The molecule has 3 heteroatoms. The number of carbonyl (C=O) groups excluding carboxylic acids is 1. The summed E-state index contributed by atoms with van der Waals surface area (Å²) in [7, 11) is 0. The van der Waals surface area contributed by atoms with Crippen molar-refractivity contribution in [3.05, 3.63) is 35.4 Å². The van der Waals surface area contributed by atoms with Gasteiger partial charge in [-0.15, -0.1) is 0 Å². The van der Waals surface area contributed by atoms with Crippen LogP contribution in [0.2, 0.25) is 0 Å². The molecule has 1 aromatic rings. The molecule has 2 atom stereocenters. The average Bonchev–Trinajstić information content (AvgIpc) is 3.00. The fourth-order valence-corrected chi connectivity index (χ4v) is 1.91. The fourth-order valence-electron chi connectivity index (χ4n) is 1.91. The van der Waals surface area contributed by atoms with E-state index in [1.807, 2.05) is 6.92 Å². The van der Waals surface area contributed by atoms with Crippen LogP contribution >= 0.6 is 0 Å². The zero-order valence-electron chi connectivity index (χ0n) is 8.47. The van der Waals surface area contributed by atoms with Gasteiger partial charge in [0.25, 0.3) is 0 Å². The molecule has 2 rings (SSSR count). The van der Waals surface area contributed by atoms with Crippen molar-refractivity contribution in [1.82, 2.24) is 0 Å². The van der Waals surface area contributed by atoms with Gasteiger partial charge in [-0.3, -0.25) is 4.79 Å². The Morgan fingerprint density at radius 1 is 1.47 bits per heavy atom. The molecule has 0 aliphatic heterocycles. The third kappa shape index (κ3) is 1.78. The Balaban J connectivity index is 2.23. The lowest BCUT2D eigenvalue weighted by molar-refractivity contribution is 0.0955. The van der Waals surface area contributed by atoms with Crippen LogP contribution in [0.4, 0.5) is 8.78 Å². The molecule has 80 valence electrons. The van der Waals surface area contributed by atoms with Gasteiger partial charge in [0.15, 0.2) is 17.4 Å². The number of rotatable bonds is 3. The van der Waals surface area contributed by atoms with Crippen molar-refractivity contribution in [1.29, 1.82) is 0 Å². The summed E-state index contributed by atoms with van der Waals surface area (Å²) in [5.74, 6) is -1.94. The maximum absolute atomic E-state index is 13.3. The summed E-state index contributed by atoms with van der Waals surface area (Å²) in [4.78, 5) is 11.7. The van der Waals surface area contributed by atoms with Crippen molar-refractivity contribution in [2.24, 2.45) is 11.8 Å². The lowest BCUT2D eigenvalue weighted by Crippen LogP contribution is -2.07. The van der Waals surface area contributed by atoms with Gasteiger partial charge in [-0.05, 0) is 24.5 Å². The van der Waals surface area contributed by atoms with E-state index in [9.17, 15) is 13.6 Å². The molecule has 0 heterocycles. The zero-order chi connectivity index (χ0) is 11.0. The van der Waals surface area contributed by atoms with Gasteiger partial charge in [0.05, 0.1) is 5.56 Å². The van der Waals surface area contributed by atoms with Crippen LogP contribution < -0.4 is 0 Å². The second-order valence-electron chi connectivity index (χ2n) is 3.98. The molecule has 1 saturated carbocycles. The number of ketones is 1. The van der Waals surface area contributed by atoms with E-state index >= 15 is 0 Å². The van der Waals surface area contributed by atoms with E-state index in [1.54, 1.807) is 0 Å². The Kier molecular flexibility index (Phi) is 2.55. The lowest BCUT2D eigenvalue weighted by Gasteiger charge is -2.01. The van der Waals surface area contributed by atoms with Crippen LogP contribution in [0.3, 0.4) is 0 Å². The first-order valence-electron chi connectivity index (χ1n) is 5.13. The highest BCUT2D eigenvalue weighted by Crippen LogP contribution is 2.43. The number of hydrogen-bond acceptors (Lipinski definition) is 1. The molecule has 1 aliphatic rings. The van der Waals surface area contributed by atoms with E-state index in [4.69, 9.17) is 0 Å². The second-order valence-corrected chi connectivity index (χ2v) is 3.98. The Labute approximate surface area is 87.1 Å². The van der Waals surface area contributed by atoms with Crippen LogP contribution in [-0.4, -0.2) is 5.78 Å². The first-order valence-corrected chi connectivity index (χ1v) is 5.13. The van der Waals surface area contributed by atoms with Gasteiger partial charge in [-0.1, -0.05) is 19.4 Å². The monoisotopic (exact) mass is 210 g/mol. The maximum Gasteiger partial charge on any atom is 0.169 e. The van der Waals surface area contributed by atoms with E-state index in [2.05, 4.69) is 0 Å². The Morgan fingerprint density at radius 3 is 2.80 bits per heavy atom. The molecule has 1 aromatic carbocycles. The molecule has 0 N–H and O–H groups in total. The molecule has 1 fully saturated rings. The van der Waals surface area contributed by atoms with E-state index in [-0.39, 0.29) is 17.3 Å². The highest BCUT2D eigenvalue weighted by Gasteiger charge is 2.42. The van der Waals surface area contributed by atoms with Crippen LogP contribution in [0.1, 0.15) is 30.1 Å². The zero-order valence-corrected chi connectivity index (χ0v) is 8.47. The van der Waals surface area contributed by atoms with Gasteiger partial charge in [-0.25, -0.2) is 8.78 Å². The standard InChI is InChI=1S/C12H12F2O/c1-2-7-6-9(7)12(15)8-4-3-5-10(13)11(8)14/h3-5,7,9H,2,6H2,1H3. The van der Waals surface area contributed by atoms with Crippen molar-refractivity contribution >= 4 is 5.78 Å². The van der Waals surface area contributed by atoms with Crippen molar-refractivity contribution in [3.8, 4) is 0 Å². The first kappa shape index (κ1) is 10.3. The molecule has 0 saturated heterocycles. The van der Waals surface area contributed by atoms with Crippen molar-refractivity contribution in [2.45, 2.75) is 19.8 Å². The molecule has 0 amide bonds. The molecule has 0 radical (unpaired) electrons. The summed E-state index contributed by atoms with van der Waals surface area (Å²) in [6.07, 6.45) is 1.73. The number of carbonyl (C=O) groups is 1. The minimum atomic E-state index is -1.01. The van der Waals surface area contributed by atoms with Gasteiger partial charge in [0, 0.05) is 5.92 Å². The van der Waals surface area contributed by atoms with Crippen LogP contribution in [-0.2, 0) is 0 Å². The third-order valence-electron chi connectivity index (χ3n) is 3.00.